The van der Waals surface area contributed by atoms with Crippen molar-refractivity contribution >= 4 is 23.2 Å². The summed E-state index contributed by atoms with van der Waals surface area (Å²) in [5, 5.41) is 9.97. The number of halogens is 2. The number of aryl methyl sites for hydroxylation is 1. The maximum atomic E-state index is 9.58. The molecule has 7 heteroatoms. The number of benzene rings is 2. The van der Waals surface area contributed by atoms with Gasteiger partial charge in [0.2, 0.25) is 0 Å². The SMILES string of the molecule is CCc1nccc(COc2ccc(C(C)(C)c3cc(Cl)c(OCCCl)c(C#N)c3)cc2)n1. The van der Waals surface area contributed by atoms with Gasteiger partial charge in [-0.25, -0.2) is 9.97 Å². The van der Waals surface area contributed by atoms with Crippen molar-refractivity contribution in [2.75, 3.05) is 12.5 Å². The van der Waals surface area contributed by atoms with Crippen LogP contribution in [0.2, 0.25) is 5.02 Å². The first kappa shape index (κ1) is 23.8. The number of nitrogens with zero attached hydrogens (tertiary/aromatic N) is 3. The van der Waals surface area contributed by atoms with Gasteiger partial charge in [0.1, 0.15) is 30.9 Å². The van der Waals surface area contributed by atoms with Crippen LogP contribution < -0.4 is 9.47 Å². The van der Waals surface area contributed by atoms with E-state index in [-0.39, 0.29) is 12.0 Å². The second-order valence-electron chi connectivity index (χ2n) is 7.74. The van der Waals surface area contributed by atoms with E-state index >= 15 is 0 Å². The predicted molar refractivity (Wildman–Crippen MR) is 127 cm³/mol. The minimum atomic E-state index is -0.387. The monoisotopic (exact) mass is 469 g/mol. The summed E-state index contributed by atoms with van der Waals surface area (Å²) >= 11 is 12.1. The van der Waals surface area contributed by atoms with Crippen molar-refractivity contribution in [3.05, 3.63) is 81.9 Å². The van der Waals surface area contributed by atoms with Gasteiger partial charge in [0.15, 0.2) is 5.75 Å². The standard InChI is InChI=1S/C25H25Cl2N3O2/c1-4-23-29-11-9-20(30-23)16-32-21-7-5-18(6-8-21)25(2,3)19-13-17(15-28)24(22(27)14-19)31-12-10-26/h5-9,11,13-14H,4,10,12,16H2,1-3H3. The van der Waals surface area contributed by atoms with Crippen molar-refractivity contribution in [1.82, 2.24) is 9.97 Å². The third-order valence-corrected chi connectivity index (χ3v) is 5.69. The molecule has 2 aromatic carbocycles. The maximum Gasteiger partial charge on any atom is 0.155 e. The third kappa shape index (κ3) is 5.51. The fraction of sp³-hybridized carbons (Fsp3) is 0.320. The molecule has 0 bridgehead atoms. The average molecular weight is 470 g/mol. The lowest BCUT2D eigenvalue weighted by Gasteiger charge is -2.27. The first-order chi connectivity index (χ1) is 15.4. The van der Waals surface area contributed by atoms with E-state index in [0.29, 0.717) is 28.8 Å². The molecule has 0 aliphatic heterocycles. The largest absolute Gasteiger partial charge is 0.489 e. The minimum Gasteiger partial charge on any atom is -0.489 e. The summed E-state index contributed by atoms with van der Waals surface area (Å²) in [5.74, 6) is 2.24. The number of hydrogen-bond acceptors (Lipinski definition) is 5. The predicted octanol–water partition coefficient (Wildman–Crippen LogP) is 6.09. The number of nitriles is 1. The Balaban J connectivity index is 1.78. The van der Waals surface area contributed by atoms with Crippen LogP contribution in [0.25, 0.3) is 0 Å². The van der Waals surface area contributed by atoms with Gasteiger partial charge in [-0.3, -0.25) is 0 Å². The van der Waals surface area contributed by atoms with E-state index in [2.05, 4.69) is 29.9 Å². The van der Waals surface area contributed by atoms with Crippen LogP contribution in [0.3, 0.4) is 0 Å². The molecule has 0 atom stereocenters. The summed E-state index contributed by atoms with van der Waals surface area (Å²) in [6, 6.07) is 15.6. The fourth-order valence-corrected chi connectivity index (χ4v) is 3.66. The molecule has 0 aliphatic carbocycles. The lowest BCUT2D eigenvalue weighted by atomic mass is 9.77. The van der Waals surface area contributed by atoms with Gasteiger partial charge in [0.25, 0.3) is 0 Å². The van der Waals surface area contributed by atoms with E-state index in [0.717, 1.165) is 34.8 Å². The Morgan fingerprint density at radius 3 is 2.47 bits per heavy atom. The molecule has 5 nitrogen and oxygen atoms in total. The highest BCUT2D eigenvalue weighted by atomic mass is 35.5. The molecule has 0 fully saturated rings. The molecule has 0 radical (unpaired) electrons. The third-order valence-electron chi connectivity index (χ3n) is 5.25. The summed E-state index contributed by atoms with van der Waals surface area (Å²) in [7, 11) is 0. The van der Waals surface area contributed by atoms with Crippen molar-refractivity contribution < 1.29 is 9.47 Å². The van der Waals surface area contributed by atoms with Crippen LogP contribution in [-0.4, -0.2) is 22.5 Å². The van der Waals surface area contributed by atoms with Crippen molar-refractivity contribution in [1.29, 1.82) is 5.26 Å². The van der Waals surface area contributed by atoms with Crippen molar-refractivity contribution in [2.24, 2.45) is 0 Å². The van der Waals surface area contributed by atoms with Gasteiger partial charge in [-0.05, 0) is 41.5 Å². The number of aromatic nitrogens is 2. The molecule has 3 aromatic rings. The number of hydrogen-bond donors (Lipinski definition) is 0. The Labute approximate surface area is 198 Å². The smallest absolute Gasteiger partial charge is 0.155 e. The highest BCUT2D eigenvalue weighted by molar-refractivity contribution is 6.32. The summed E-state index contributed by atoms with van der Waals surface area (Å²) in [5.41, 5.74) is 2.83. The van der Waals surface area contributed by atoms with E-state index in [1.54, 1.807) is 6.20 Å². The van der Waals surface area contributed by atoms with Crippen LogP contribution in [0.4, 0.5) is 0 Å². The Morgan fingerprint density at radius 2 is 1.81 bits per heavy atom. The first-order valence-electron chi connectivity index (χ1n) is 10.4. The molecule has 166 valence electrons. The van der Waals surface area contributed by atoms with Crippen molar-refractivity contribution in [3.8, 4) is 17.6 Å². The Kier molecular flexibility index (Phi) is 7.95. The van der Waals surface area contributed by atoms with Crippen LogP contribution in [0.15, 0.2) is 48.7 Å². The van der Waals surface area contributed by atoms with E-state index < -0.39 is 0 Å². The quantitative estimate of drug-likeness (QED) is 0.354. The van der Waals surface area contributed by atoms with Gasteiger partial charge in [0, 0.05) is 18.0 Å². The van der Waals surface area contributed by atoms with Gasteiger partial charge in [-0.1, -0.05) is 44.5 Å². The van der Waals surface area contributed by atoms with Gasteiger partial charge in [-0.2, -0.15) is 5.26 Å². The molecule has 0 spiro atoms. The van der Waals surface area contributed by atoms with Gasteiger partial charge in [0.05, 0.1) is 22.2 Å². The van der Waals surface area contributed by atoms with Crippen LogP contribution in [0.1, 0.15) is 49.0 Å². The van der Waals surface area contributed by atoms with Crippen molar-refractivity contribution in [3.63, 3.8) is 0 Å². The van der Waals surface area contributed by atoms with Gasteiger partial charge >= 0.3 is 0 Å². The Bertz CT molecular complexity index is 1110. The molecule has 1 heterocycles. The number of alkyl halides is 1. The summed E-state index contributed by atoms with van der Waals surface area (Å²) in [6.45, 7) is 6.86. The van der Waals surface area contributed by atoms with Gasteiger partial charge in [-0.15, -0.1) is 11.6 Å². The fourth-order valence-electron chi connectivity index (χ4n) is 3.31. The van der Waals surface area contributed by atoms with E-state index in [9.17, 15) is 5.26 Å². The minimum absolute atomic E-state index is 0.287. The second kappa shape index (κ2) is 10.7. The van der Waals surface area contributed by atoms with Gasteiger partial charge < -0.3 is 9.47 Å². The number of rotatable bonds is 9. The number of ether oxygens (including phenoxy) is 2. The van der Waals surface area contributed by atoms with E-state index in [1.165, 1.54) is 0 Å². The summed E-state index contributed by atoms with van der Waals surface area (Å²) < 4.78 is 11.5. The molecule has 0 saturated heterocycles. The first-order valence-corrected chi connectivity index (χ1v) is 11.3. The molecular formula is C25H25Cl2N3O2. The second-order valence-corrected chi connectivity index (χ2v) is 8.52. The lowest BCUT2D eigenvalue weighted by molar-refractivity contribution is 0.300. The van der Waals surface area contributed by atoms with Crippen LogP contribution >= 0.6 is 23.2 Å². The molecule has 32 heavy (non-hydrogen) atoms. The summed E-state index contributed by atoms with van der Waals surface area (Å²) in [4.78, 5) is 8.67. The van der Waals surface area contributed by atoms with Crippen LogP contribution in [-0.2, 0) is 18.4 Å². The average Bonchev–Trinajstić information content (AvgIpc) is 2.81. The molecule has 3 rings (SSSR count). The normalized spacial score (nSPS) is 11.1. The zero-order valence-corrected chi connectivity index (χ0v) is 19.9. The molecule has 0 unspecified atom stereocenters. The topological polar surface area (TPSA) is 68.0 Å². The van der Waals surface area contributed by atoms with Crippen molar-refractivity contribution in [2.45, 2.75) is 39.2 Å². The molecular weight excluding hydrogens is 445 g/mol. The molecule has 0 N–H and O–H groups in total. The Hall–Kier alpha value is -2.81. The zero-order valence-electron chi connectivity index (χ0n) is 18.4. The lowest BCUT2D eigenvalue weighted by Crippen LogP contribution is -2.19. The highest BCUT2D eigenvalue weighted by Crippen LogP contribution is 2.38. The summed E-state index contributed by atoms with van der Waals surface area (Å²) in [6.07, 6.45) is 2.54. The van der Waals surface area contributed by atoms with E-state index in [4.69, 9.17) is 32.7 Å². The molecule has 1 aromatic heterocycles. The zero-order chi connectivity index (χ0) is 23.1. The Morgan fingerprint density at radius 1 is 1.06 bits per heavy atom. The highest BCUT2D eigenvalue weighted by Gasteiger charge is 2.26. The van der Waals surface area contributed by atoms with Crippen LogP contribution in [0.5, 0.6) is 11.5 Å². The molecule has 0 amide bonds. The molecule has 0 saturated carbocycles. The van der Waals surface area contributed by atoms with Crippen LogP contribution in [0, 0.1) is 11.3 Å². The molecule has 0 aliphatic rings. The van der Waals surface area contributed by atoms with E-state index in [1.807, 2.05) is 49.4 Å². The maximum absolute atomic E-state index is 9.58.